The lowest BCUT2D eigenvalue weighted by Crippen LogP contribution is -2.17. The van der Waals surface area contributed by atoms with Crippen LogP contribution in [0.3, 0.4) is 0 Å². The summed E-state index contributed by atoms with van der Waals surface area (Å²) in [5.41, 5.74) is 2.00. The Bertz CT molecular complexity index is 915. The minimum atomic E-state index is 0.181. The van der Waals surface area contributed by atoms with Gasteiger partial charge in [0.05, 0.1) is 27.5 Å². The summed E-state index contributed by atoms with van der Waals surface area (Å²) >= 11 is 15.7. The summed E-state index contributed by atoms with van der Waals surface area (Å²) in [5, 5.41) is 12.2. The molecule has 0 fully saturated rings. The number of allylic oxidation sites excluding steroid dienone is 1. The third-order valence-electron chi connectivity index (χ3n) is 3.96. The van der Waals surface area contributed by atoms with Crippen LogP contribution >= 0.6 is 45.9 Å². The van der Waals surface area contributed by atoms with Gasteiger partial charge < -0.3 is 0 Å². The van der Waals surface area contributed by atoms with Crippen LogP contribution in [0.2, 0.25) is 10.0 Å². The van der Waals surface area contributed by atoms with E-state index in [0.29, 0.717) is 10.0 Å². The Kier molecular flexibility index (Phi) is 4.95. The zero-order valence-corrected chi connectivity index (χ0v) is 16.2. The zero-order chi connectivity index (χ0) is 17.2. The molecule has 0 saturated carbocycles. The van der Waals surface area contributed by atoms with Gasteiger partial charge in [0.25, 0.3) is 0 Å². The van der Waals surface area contributed by atoms with Crippen molar-refractivity contribution < 1.29 is 0 Å². The maximum atomic E-state index is 6.21. The Balaban J connectivity index is 1.67. The fourth-order valence-electron chi connectivity index (χ4n) is 2.77. The number of rotatable bonds is 4. The van der Waals surface area contributed by atoms with E-state index < -0.39 is 0 Å². The van der Waals surface area contributed by atoms with E-state index in [1.807, 2.05) is 23.2 Å². The molecule has 3 heterocycles. The van der Waals surface area contributed by atoms with Crippen molar-refractivity contribution in [2.75, 3.05) is 5.01 Å². The second-order valence-electron chi connectivity index (χ2n) is 5.62. The molecule has 0 amide bonds. The molecule has 1 unspecified atom stereocenters. The lowest BCUT2D eigenvalue weighted by molar-refractivity contribution is 0.722. The van der Waals surface area contributed by atoms with Gasteiger partial charge in [-0.2, -0.15) is 5.10 Å². The van der Waals surface area contributed by atoms with E-state index in [-0.39, 0.29) is 6.04 Å². The van der Waals surface area contributed by atoms with Gasteiger partial charge in [-0.05, 0) is 53.2 Å². The van der Waals surface area contributed by atoms with Gasteiger partial charge in [-0.3, -0.25) is 5.01 Å². The molecule has 0 saturated heterocycles. The Morgan fingerprint density at radius 1 is 1.00 bits per heavy atom. The summed E-state index contributed by atoms with van der Waals surface area (Å²) in [7, 11) is 0. The highest BCUT2D eigenvalue weighted by Gasteiger charge is 2.29. The largest absolute Gasteiger partial charge is 0.257 e. The first kappa shape index (κ1) is 16.9. The van der Waals surface area contributed by atoms with E-state index in [1.54, 1.807) is 22.7 Å². The van der Waals surface area contributed by atoms with Crippen LogP contribution in [0, 0.1) is 0 Å². The van der Waals surface area contributed by atoms with E-state index in [2.05, 4.69) is 47.2 Å². The lowest BCUT2D eigenvalue weighted by Gasteiger charge is -2.23. The van der Waals surface area contributed by atoms with Crippen LogP contribution in [-0.4, -0.2) is 5.71 Å². The number of hydrogen-bond acceptors (Lipinski definition) is 4. The number of hydrazone groups is 1. The zero-order valence-electron chi connectivity index (χ0n) is 13.1. The number of benzene rings is 1. The first-order valence-corrected chi connectivity index (χ1v) is 10.3. The molecular weight excluding hydrogens is 391 g/mol. The maximum absolute atomic E-state index is 6.21. The van der Waals surface area contributed by atoms with Crippen LogP contribution in [-0.2, 0) is 0 Å². The minimum absolute atomic E-state index is 0.181. The lowest BCUT2D eigenvalue weighted by atomic mass is 10.1. The number of halogens is 2. The van der Waals surface area contributed by atoms with E-state index in [1.165, 1.54) is 9.75 Å². The third-order valence-corrected chi connectivity index (χ3v) is 6.51. The molecular formula is C19H14Cl2N2S2. The van der Waals surface area contributed by atoms with Crippen LogP contribution < -0.4 is 5.01 Å². The van der Waals surface area contributed by atoms with Crippen molar-refractivity contribution in [2.45, 2.75) is 12.5 Å². The van der Waals surface area contributed by atoms with Crippen molar-refractivity contribution in [3.05, 3.63) is 79.1 Å². The normalized spacial score (nSPS) is 17.4. The Hall–Kier alpha value is -1.59. The summed E-state index contributed by atoms with van der Waals surface area (Å²) in [4.78, 5) is 2.51. The first-order chi connectivity index (χ1) is 12.2. The van der Waals surface area contributed by atoms with Gasteiger partial charge in [0.1, 0.15) is 0 Å². The first-order valence-electron chi connectivity index (χ1n) is 7.77. The highest BCUT2D eigenvalue weighted by molar-refractivity contribution is 7.11. The van der Waals surface area contributed by atoms with Gasteiger partial charge in [-0.25, -0.2) is 0 Å². The van der Waals surface area contributed by atoms with Crippen molar-refractivity contribution in [3.8, 4) is 0 Å². The molecule has 3 aromatic rings. The SMILES string of the molecule is Clc1ccc(N2N=C(C=Cc3cccs3)CC2c2cccs2)cc1Cl. The van der Waals surface area contributed by atoms with Gasteiger partial charge in [0.2, 0.25) is 0 Å². The van der Waals surface area contributed by atoms with Crippen molar-refractivity contribution >= 4 is 63.4 Å². The molecule has 2 nitrogen and oxygen atoms in total. The molecule has 6 heteroatoms. The van der Waals surface area contributed by atoms with Gasteiger partial charge in [-0.1, -0.05) is 35.3 Å². The molecule has 0 radical (unpaired) electrons. The molecule has 1 aromatic carbocycles. The quantitative estimate of drug-likeness (QED) is 0.451. The average molecular weight is 405 g/mol. The van der Waals surface area contributed by atoms with E-state index in [4.69, 9.17) is 28.3 Å². The molecule has 4 rings (SSSR count). The van der Waals surface area contributed by atoms with Crippen molar-refractivity contribution in [1.29, 1.82) is 0 Å². The molecule has 1 atom stereocenters. The molecule has 0 aliphatic carbocycles. The summed E-state index contributed by atoms with van der Waals surface area (Å²) in [5.74, 6) is 0. The van der Waals surface area contributed by atoms with Crippen LogP contribution in [0.5, 0.6) is 0 Å². The molecule has 0 bridgehead atoms. The standard InChI is InChI=1S/C19H14Cl2N2S2/c20-16-8-6-14(12-17(16)21)23-18(19-4-2-10-25-19)11-13(22-23)5-7-15-3-1-9-24-15/h1-10,12,18H,11H2. The van der Waals surface area contributed by atoms with Crippen molar-refractivity contribution in [3.63, 3.8) is 0 Å². The summed E-state index contributed by atoms with van der Waals surface area (Å²) in [6, 6.07) is 14.2. The highest BCUT2D eigenvalue weighted by Crippen LogP contribution is 2.39. The van der Waals surface area contributed by atoms with Gasteiger partial charge in [0.15, 0.2) is 0 Å². The number of anilines is 1. The molecule has 2 aromatic heterocycles. The number of nitrogens with zero attached hydrogens (tertiary/aromatic N) is 2. The summed E-state index contributed by atoms with van der Waals surface area (Å²) in [6.45, 7) is 0. The second kappa shape index (κ2) is 7.34. The van der Waals surface area contributed by atoms with Crippen molar-refractivity contribution in [2.24, 2.45) is 5.10 Å². The van der Waals surface area contributed by atoms with Crippen LogP contribution in [0.1, 0.15) is 22.2 Å². The molecule has 0 spiro atoms. The Labute approximate surface area is 164 Å². The Morgan fingerprint density at radius 2 is 1.84 bits per heavy atom. The molecule has 126 valence electrons. The maximum Gasteiger partial charge on any atom is 0.0923 e. The fraction of sp³-hybridized carbons (Fsp3) is 0.105. The van der Waals surface area contributed by atoms with Gasteiger partial charge in [0, 0.05) is 16.2 Å². The van der Waals surface area contributed by atoms with Crippen molar-refractivity contribution in [1.82, 2.24) is 0 Å². The van der Waals surface area contributed by atoms with Gasteiger partial charge >= 0.3 is 0 Å². The van der Waals surface area contributed by atoms with E-state index >= 15 is 0 Å². The molecule has 1 aliphatic rings. The second-order valence-corrected chi connectivity index (χ2v) is 8.39. The van der Waals surface area contributed by atoms with Crippen LogP contribution in [0.4, 0.5) is 5.69 Å². The van der Waals surface area contributed by atoms with E-state index in [9.17, 15) is 0 Å². The average Bonchev–Trinajstić information content (AvgIpc) is 3.36. The topological polar surface area (TPSA) is 15.6 Å². The molecule has 1 aliphatic heterocycles. The fourth-order valence-corrected chi connectivity index (χ4v) is 4.49. The molecule has 0 N–H and O–H groups in total. The summed E-state index contributed by atoms with van der Waals surface area (Å²) in [6.07, 6.45) is 5.08. The summed E-state index contributed by atoms with van der Waals surface area (Å²) < 4.78 is 0. The highest BCUT2D eigenvalue weighted by atomic mass is 35.5. The predicted molar refractivity (Wildman–Crippen MR) is 111 cm³/mol. The number of thiophene rings is 2. The predicted octanol–water partition coefficient (Wildman–Crippen LogP) is 7.14. The van der Waals surface area contributed by atoms with E-state index in [0.717, 1.165) is 17.8 Å². The monoisotopic (exact) mass is 404 g/mol. The third kappa shape index (κ3) is 3.67. The van der Waals surface area contributed by atoms with Crippen LogP contribution in [0.25, 0.3) is 6.08 Å². The number of hydrogen-bond donors (Lipinski definition) is 0. The smallest absolute Gasteiger partial charge is 0.0923 e. The van der Waals surface area contributed by atoms with Crippen LogP contribution in [0.15, 0.2) is 64.4 Å². The minimum Gasteiger partial charge on any atom is -0.257 e. The molecule has 25 heavy (non-hydrogen) atoms. The Morgan fingerprint density at radius 3 is 2.56 bits per heavy atom. The van der Waals surface area contributed by atoms with Gasteiger partial charge in [-0.15, -0.1) is 22.7 Å².